The zero-order valence-corrected chi connectivity index (χ0v) is 15.6. The third-order valence-electron chi connectivity index (χ3n) is 5.25. The first-order valence-corrected chi connectivity index (χ1v) is 9.57. The van der Waals surface area contributed by atoms with E-state index in [0.29, 0.717) is 19.6 Å². The standard InChI is InChI=1S/C20H29N3O3/c1-16-3-2-4-18(15-16)20(25)23-8-5-17(6-9-23)19(24)21-7-10-22-11-13-26-14-12-22/h2-4,15,17H,5-14H2,1H3,(H,21,24). The van der Waals surface area contributed by atoms with Crippen LogP contribution >= 0.6 is 0 Å². The molecule has 2 amide bonds. The summed E-state index contributed by atoms with van der Waals surface area (Å²) in [6.07, 6.45) is 1.47. The fourth-order valence-electron chi connectivity index (χ4n) is 3.61. The van der Waals surface area contributed by atoms with Gasteiger partial charge in [0.15, 0.2) is 0 Å². The Bertz CT molecular complexity index is 620. The minimum atomic E-state index is 0.0150. The Balaban J connectivity index is 1.40. The van der Waals surface area contributed by atoms with Gasteiger partial charge in [-0.1, -0.05) is 17.7 Å². The van der Waals surface area contributed by atoms with E-state index in [2.05, 4.69) is 10.2 Å². The van der Waals surface area contributed by atoms with Crippen molar-refractivity contribution in [2.45, 2.75) is 19.8 Å². The van der Waals surface area contributed by atoms with E-state index < -0.39 is 0 Å². The average molecular weight is 359 g/mol. The normalized spacial score (nSPS) is 19.3. The highest BCUT2D eigenvalue weighted by Crippen LogP contribution is 2.19. The van der Waals surface area contributed by atoms with E-state index in [1.54, 1.807) is 0 Å². The topological polar surface area (TPSA) is 61.9 Å². The maximum Gasteiger partial charge on any atom is 0.253 e. The summed E-state index contributed by atoms with van der Waals surface area (Å²) in [6.45, 7) is 8.28. The van der Waals surface area contributed by atoms with Crippen LogP contribution in [-0.4, -0.2) is 74.1 Å². The van der Waals surface area contributed by atoms with E-state index in [1.165, 1.54) is 0 Å². The zero-order chi connectivity index (χ0) is 18.4. The van der Waals surface area contributed by atoms with Gasteiger partial charge in [0.1, 0.15) is 0 Å². The van der Waals surface area contributed by atoms with Gasteiger partial charge in [-0.25, -0.2) is 0 Å². The number of hydrogen-bond acceptors (Lipinski definition) is 4. The minimum Gasteiger partial charge on any atom is -0.379 e. The van der Waals surface area contributed by atoms with Crippen LogP contribution in [0.2, 0.25) is 0 Å². The highest BCUT2D eigenvalue weighted by Gasteiger charge is 2.27. The first kappa shape index (κ1) is 18.9. The Morgan fingerprint density at radius 2 is 1.88 bits per heavy atom. The summed E-state index contributed by atoms with van der Waals surface area (Å²) in [4.78, 5) is 29.1. The molecule has 0 aromatic heterocycles. The lowest BCUT2D eigenvalue weighted by atomic mass is 9.95. The fourth-order valence-corrected chi connectivity index (χ4v) is 3.61. The van der Waals surface area contributed by atoms with E-state index in [1.807, 2.05) is 36.1 Å². The molecule has 142 valence electrons. The number of carbonyl (C=O) groups excluding carboxylic acids is 2. The number of aryl methyl sites for hydroxylation is 1. The van der Waals surface area contributed by atoms with Gasteiger partial charge in [0, 0.05) is 50.7 Å². The van der Waals surface area contributed by atoms with Crippen molar-refractivity contribution in [1.82, 2.24) is 15.1 Å². The third kappa shape index (κ3) is 5.05. The molecule has 2 saturated heterocycles. The molecule has 2 aliphatic rings. The largest absolute Gasteiger partial charge is 0.379 e. The van der Waals surface area contributed by atoms with Gasteiger partial charge in [-0.2, -0.15) is 0 Å². The maximum absolute atomic E-state index is 12.6. The van der Waals surface area contributed by atoms with E-state index in [4.69, 9.17) is 4.74 Å². The lowest BCUT2D eigenvalue weighted by Crippen LogP contribution is -2.45. The third-order valence-corrected chi connectivity index (χ3v) is 5.25. The average Bonchev–Trinajstić information content (AvgIpc) is 2.68. The van der Waals surface area contributed by atoms with Crippen molar-refractivity contribution in [3.05, 3.63) is 35.4 Å². The first-order valence-electron chi connectivity index (χ1n) is 9.57. The van der Waals surface area contributed by atoms with Crippen LogP contribution in [0.1, 0.15) is 28.8 Å². The number of nitrogens with one attached hydrogen (secondary N) is 1. The molecule has 0 unspecified atom stereocenters. The number of amides is 2. The van der Waals surface area contributed by atoms with Crippen LogP contribution in [0.5, 0.6) is 0 Å². The molecule has 26 heavy (non-hydrogen) atoms. The number of likely N-dealkylation sites (tertiary alicyclic amines) is 1. The van der Waals surface area contributed by atoms with Gasteiger partial charge in [-0.3, -0.25) is 14.5 Å². The maximum atomic E-state index is 12.6. The molecule has 6 nitrogen and oxygen atoms in total. The summed E-state index contributed by atoms with van der Waals surface area (Å²) in [5.74, 6) is 0.210. The lowest BCUT2D eigenvalue weighted by Gasteiger charge is -2.32. The van der Waals surface area contributed by atoms with Crippen LogP contribution in [-0.2, 0) is 9.53 Å². The molecule has 3 rings (SSSR count). The Labute approximate surface area is 155 Å². The van der Waals surface area contributed by atoms with Gasteiger partial charge in [0.25, 0.3) is 5.91 Å². The summed E-state index contributed by atoms with van der Waals surface area (Å²) in [5.41, 5.74) is 1.82. The number of hydrogen-bond donors (Lipinski definition) is 1. The van der Waals surface area contributed by atoms with Crippen LogP contribution in [0.4, 0.5) is 0 Å². The molecule has 0 spiro atoms. The summed E-state index contributed by atoms with van der Waals surface area (Å²) in [6, 6.07) is 7.69. The number of nitrogens with zero attached hydrogens (tertiary/aromatic N) is 2. The molecule has 0 radical (unpaired) electrons. The van der Waals surface area contributed by atoms with Crippen molar-refractivity contribution in [2.24, 2.45) is 5.92 Å². The summed E-state index contributed by atoms with van der Waals surface area (Å²) in [5, 5.41) is 3.06. The van der Waals surface area contributed by atoms with Crippen LogP contribution in [0.15, 0.2) is 24.3 Å². The Kier molecular flexibility index (Phi) is 6.63. The molecule has 2 fully saturated rings. The highest BCUT2D eigenvalue weighted by molar-refractivity contribution is 5.94. The Morgan fingerprint density at radius 3 is 2.58 bits per heavy atom. The molecule has 6 heteroatoms. The number of benzene rings is 1. The summed E-state index contributed by atoms with van der Waals surface area (Å²) in [7, 11) is 0. The van der Waals surface area contributed by atoms with Gasteiger partial charge >= 0.3 is 0 Å². The van der Waals surface area contributed by atoms with E-state index in [-0.39, 0.29) is 17.7 Å². The van der Waals surface area contributed by atoms with Gasteiger partial charge in [0.2, 0.25) is 5.91 Å². The highest BCUT2D eigenvalue weighted by atomic mass is 16.5. The zero-order valence-electron chi connectivity index (χ0n) is 15.6. The first-order chi connectivity index (χ1) is 12.6. The Morgan fingerprint density at radius 1 is 1.15 bits per heavy atom. The van der Waals surface area contributed by atoms with Gasteiger partial charge in [-0.15, -0.1) is 0 Å². The van der Waals surface area contributed by atoms with E-state index >= 15 is 0 Å². The number of piperidine rings is 1. The Hall–Kier alpha value is -1.92. The second kappa shape index (κ2) is 9.14. The number of rotatable bonds is 5. The van der Waals surface area contributed by atoms with Crippen molar-refractivity contribution in [2.75, 3.05) is 52.5 Å². The SMILES string of the molecule is Cc1cccc(C(=O)N2CCC(C(=O)NCCN3CCOCC3)CC2)c1. The van der Waals surface area contributed by atoms with Crippen LogP contribution in [0.3, 0.4) is 0 Å². The van der Waals surface area contributed by atoms with Gasteiger partial charge < -0.3 is 15.0 Å². The molecule has 0 saturated carbocycles. The molecule has 2 aliphatic heterocycles. The van der Waals surface area contributed by atoms with Gasteiger partial charge in [0.05, 0.1) is 13.2 Å². The molecule has 0 atom stereocenters. The van der Waals surface area contributed by atoms with Crippen molar-refractivity contribution in [3.63, 3.8) is 0 Å². The number of carbonyl (C=O) groups is 2. The van der Waals surface area contributed by atoms with Crippen molar-refractivity contribution in [3.8, 4) is 0 Å². The quantitative estimate of drug-likeness (QED) is 0.861. The molecular weight excluding hydrogens is 330 g/mol. The minimum absolute atomic E-state index is 0.0150. The van der Waals surface area contributed by atoms with Crippen LogP contribution in [0.25, 0.3) is 0 Å². The molecule has 0 bridgehead atoms. The second-order valence-electron chi connectivity index (χ2n) is 7.18. The second-order valence-corrected chi connectivity index (χ2v) is 7.18. The lowest BCUT2D eigenvalue weighted by molar-refractivity contribution is -0.126. The fraction of sp³-hybridized carbons (Fsp3) is 0.600. The van der Waals surface area contributed by atoms with Crippen molar-refractivity contribution >= 4 is 11.8 Å². The monoisotopic (exact) mass is 359 g/mol. The smallest absolute Gasteiger partial charge is 0.253 e. The summed E-state index contributed by atoms with van der Waals surface area (Å²) >= 11 is 0. The van der Waals surface area contributed by atoms with Crippen LogP contribution in [0, 0.1) is 12.8 Å². The predicted octanol–water partition coefficient (Wildman–Crippen LogP) is 1.30. The van der Waals surface area contributed by atoms with Crippen molar-refractivity contribution in [1.29, 1.82) is 0 Å². The molecule has 1 aromatic rings. The molecular formula is C20H29N3O3. The van der Waals surface area contributed by atoms with E-state index in [0.717, 1.165) is 56.8 Å². The van der Waals surface area contributed by atoms with E-state index in [9.17, 15) is 9.59 Å². The summed E-state index contributed by atoms with van der Waals surface area (Å²) < 4.78 is 5.33. The molecule has 1 N–H and O–H groups in total. The van der Waals surface area contributed by atoms with Crippen LogP contribution < -0.4 is 5.32 Å². The predicted molar refractivity (Wildman–Crippen MR) is 100 cm³/mol. The van der Waals surface area contributed by atoms with Crippen molar-refractivity contribution < 1.29 is 14.3 Å². The number of morpholine rings is 1. The van der Waals surface area contributed by atoms with Gasteiger partial charge in [-0.05, 0) is 31.9 Å². The molecule has 1 aromatic carbocycles. The molecule has 0 aliphatic carbocycles. The molecule has 2 heterocycles. The number of ether oxygens (including phenoxy) is 1.